The topological polar surface area (TPSA) is 94.1 Å². The SMILES string of the molecule is C1CCOC1.COCC[C@]1(C(=O)O)C=C[C@@H](NC(=O)OC(C)(C)C)C1. The van der Waals surface area contributed by atoms with Gasteiger partial charge < -0.3 is 24.6 Å². The number of hydrogen-bond acceptors (Lipinski definition) is 5. The van der Waals surface area contributed by atoms with Gasteiger partial charge in [0.15, 0.2) is 0 Å². The van der Waals surface area contributed by atoms with E-state index in [0.717, 1.165) is 13.2 Å². The molecule has 1 heterocycles. The van der Waals surface area contributed by atoms with Gasteiger partial charge in [-0.3, -0.25) is 4.79 Å². The molecule has 0 spiro atoms. The summed E-state index contributed by atoms with van der Waals surface area (Å²) in [6.07, 6.45) is 6.04. The minimum absolute atomic E-state index is 0.310. The number of carboxylic acid groups (broad SMARTS) is 1. The molecule has 1 amide bonds. The number of amides is 1. The van der Waals surface area contributed by atoms with Gasteiger partial charge in [-0.2, -0.15) is 0 Å². The lowest BCUT2D eigenvalue weighted by Gasteiger charge is -2.25. The van der Waals surface area contributed by atoms with Gasteiger partial charge in [0.05, 0.1) is 11.5 Å². The lowest BCUT2D eigenvalue weighted by atomic mass is 9.83. The van der Waals surface area contributed by atoms with E-state index in [0.29, 0.717) is 19.4 Å². The van der Waals surface area contributed by atoms with Gasteiger partial charge in [0.25, 0.3) is 0 Å². The molecule has 1 saturated heterocycles. The Morgan fingerprint density at radius 1 is 1.32 bits per heavy atom. The number of rotatable bonds is 5. The molecule has 0 aromatic carbocycles. The predicted molar refractivity (Wildman–Crippen MR) is 93.5 cm³/mol. The molecule has 25 heavy (non-hydrogen) atoms. The normalized spacial score (nSPS) is 25.2. The van der Waals surface area contributed by atoms with Crippen LogP contribution in [0.4, 0.5) is 4.79 Å². The summed E-state index contributed by atoms with van der Waals surface area (Å²) in [4.78, 5) is 23.1. The molecule has 0 radical (unpaired) electrons. The molecule has 0 unspecified atom stereocenters. The van der Waals surface area contributed by atoms with Crippen LogP contribution in [0.15, 0.2) is 12.2 Å². The van der Waals surface area contributed by atoms with Gasteiger partial charge in [-0.1, -0.05) is 12.2 Å². The van der Waals surface area contributed by atoms with Gasteiger partial charge in [-0.15, -0.1) is 0 Å². The zero-order valence-electron chi connectivity index (χ0n) is 15.7. The third kappa shape index (κ3) is 7.88. The summed E-state index contributed by atoms with van der Waals surface area (Å²) in [5.41, 5.74) is -1.55. The maximum Gasteiger partial charge on any atom is 0.408 e. The number of alkyl carbamates (subject to hydrolysis) is 1. The Bertz CT molecular complexity index is 459. The highest BCUT2D eigenvalue weighted by Gasteiger charge is 2.42. The van der Waals surface area contributed by atoms with Crippen LogP contribution >= 0.6 is 0 Å². The molecule has 0 aromatic rings. The molecule has 0 saturated carbocycles. The largest absolute Gasteiger partial charge is 0.481 e. The molecule has 2 rings (SSSR count). The van der Waals surface area contributed by atoms with Gasteiger partial charge in [0.1, 0.15) is 5.60 Å². The number of methoxy groups -OCH3 is 1. The van der Waals surface area contributed by atoms with Crippen LogP contribution in [0, 0.1) is 5.41 Å². The Balaban J connectivity index is 0.000000531. The predicted octanol–water partition coefficient (Wildman–Crippen LogP) is 2.74. The Labute approximate surface area is 149 Å². The highest BCUT2D eigenvalue weighted by molar-refractivity contribution is 5.78. The van der Waals surface area contributed by atoms with E-state index in [9.17, 15) is 14.7 Å². The van der Waals surface area contributed by atoms with Crippen molar-refractivity contribution in [2.45, 2.75) is 58.1 Å². The Morgan fingerprint density at radius 2 is 1.96 bits per heavy atom. The summed E-state index contributed by atoms with van der Waals surface area (Å²) >= 11 is 0. The van der Waals surface area contributed by atoms with Crippen molar-refractivity contribution in [3.05, 3.63) is 12.2 Å². The van der Waals surface area contributed by atoms with E-state index in [-0.39, 0.29) is 6.04 Å². The van der Waals surface area contributed by atoms with Crippen LogP contribution in [0.3, 0.4) is 0 Å². The Hall–Kier alpha value is -1.60. The van der Waals surface area contributed by atoms with Crippen LogP contribution < -0.4 is 5.32 Å². The molecule has 1 aliphatic carbocycles. The summed E-state index contributed by atoms with van der Waals surface area (Å²) in [5.74, 6) is -0.903. The summed E-state index contributed by atoms with van der Waals surface area (Å²) in [6, 6.07) is -0.335. The van der Waals surface area contributed by atoms with E-state index in [1.807, 2.05) is 0 Å². The summed E-state index contributed by atoms with van der Waals surface area (Å²) in [5, 5.41) is 12.0. The quantitative estimate of drug-likeness (QED) is 0.735. The zero-order chi connectivity index (χ0) is 18.9. The smallest absolute Gasteiger partial charge is 0.408 e. The maximum atomic E-state index is 11.7. The zero-order valence-corrected chi connectivity index (χ0v) is 15.7. The van der Waals surface area contributed by atoms with E-state index in [4.69, 9.17) is 14.2 Å². The number of carbonyl (C=O) groups excluding carboxylic acids is 1. The van der Waals surface area contributed by atoms with Crippen molar-refractivity contribution in [3.8, 4) is 0 Å². The monoisotopic (exact) mass is 357 g/mol. The fourth-order valence-electron chi connectivity index (χ4n) is 2.63. The van der Waals surface area contributed by atoms with Gasteiger partial charge in [-0.05, 0) is 46.5 Å². The van der Waals surface area contributed by atoms with Crippen molar-refractivity contribution in [2.24, 2.45) is 5.41 Å². The van der Waals surface area contributed by atoms with E-state index >= 15 is 0 Å². The molecule has 2 aliphatic rings. The van der Waals surface area contributed by atoms with Crippen molar-refractivity contribution < 1.29 is 28.9 Å². The molecule has 1 aliphatic heterocycles. The third-order valence-corrected chi connectivity index (χ3v) is 3.94. The van der Waals surface area contributed by atoms with Crippen LogP contribution in [0.2, 0.25) is 0 Å². The molecule has 7 heteroatoms. The van der Waals surface area contributed by atoms with Crippen molar-refractivity contribution >= 4 is 12.1 Å². The van der Waals surface area contributed by atoms with Crippen LogP contribution in [0.5, 0.6) is 0 Å². The number of carboxylic acids is 1. The molecular formula is C18H31NO6. The van der Waals surface area contributed by atoms with Crippen LogP contribution in [-0.2, 0) is 19.0 Å². The summed E-state index contributed by atoms with van der Waals surface area (Å²) < 4.78 is 15.0. The van der Waals surface area contributed by atoms with Crippen molar-refractivity contribution in [2.75, 3.05) is 26.9 Å². The van der Waals surface area contributed by atoms with Crippen molar-refractivity contribution in [3.63, 3.8) is 0 Å². The Morgan fingerprint density at radius 3 is 2.40 bits per heavy atom. The first-order valence-corrected chi connectivity index (χ1v) is 8.67. The molecule has 144 valence electrons. The first-order chi connectivity index (χ1) is 11.7. The van der Waals surface area contributed by atoms with E-state index in [2.05, 4.69) is 5.32 Å². The number of aliphatic carboxylic acids is 1. The van der Waals surface area contributed by atoms with E-state index in [1.54, 1.807) is 32.9 Å². The second-order valence-electron chi connectivity index (χ2n) is 7.34. The number of nitrogens with one attached hydrogen (secondary N) is 1. The van der Waals surface area contributed by atoms with Gasteiger partial charge in [-0.25, -0.2) is 4.79 Å². The first kappa shape index (κ1) is 21.4. The molecule has 7 nitrogen and oxygen atoms in total. The number of carbonyl (C=O) groups is 2. The Kier molecular flexibility index (Phi) is 8.38. The summed E-state index contributed by atoms with van der Waals surface area (Å²) in [7, 11) is 1.53. The number of ether oxygens (including phenoxy) is 3. The van der Waals surface area contributed by atoms with Gasteiger partial charge in [0, 0.05) is 26.9 Å². The fourth-order valence-corrected chi connectivity index (χ4v) is 2.63. The second kappa shape index (κ2) is 9.77. The summed E-state index contributed by atoms with van der Waals surface area (Å²) in [6.45, 7) is 7.68. The maximum absolute atomic E-state index is 11.7. The molecular weight excluding hydrogens is 326 g/mol. The van der Waals surface area contributed by atoms with E-state index in [1.165, 1.54) is 20.0 Å². The van der Waals surface area contributed by atoms with Crippen molar-refractivity contribution in [1.82, 2.24) is 5.32 Å². The third-order valence-electron chi connectivity index (χ3n) is 3.94. The van der Waals surface area contributed by atoms with Crippen LogP contribution in [0.25, 0.3) is 0 Å². The van der Waals surface area contributed by atoms with E-state index < -0.39 is 23.1 Å². The molecule has 0 aromatic heterocycles. The number of hydrogen-bond donors (Lipinski definition) is 2. The highest BCUT2D eigenvalue weighted by Crippen LogP contribution is 2.36. The fraction of sp³-hybridized carbons (Fsp3) is 0.778. The minimum Gasteiger partial charge on any atom is -0.481 e. The molecule has 2 atom stereocenters. The second-order valence-corrected chi connectivity index (χ2v) is 7.34. The lowest BCUT2D eigenvalue weighted by Crippen LogP contribution is -2.40. The average molecular weight is 357 g/mol. The molecule has 2 N–H and O–H groups in total. The van der Waals surface area contributed by atoms with Crippen LogP contribution in [-0.4, -0.2) is 55.7 Å². The minimum atomic E-state index is -0.976. The molecule has 1 fully saturated rings. The lowest BCUT2D eigenvalue weighted by molar-refractivity contribution is -0.147. The average Bonchev–Trinajstić information content (AvgIpc) is 3.16. The van der Waals surface area contributed by atoms with Crippen molar-refractivity contribution in [1.29, 1.82) is 0 Å². The first-order valence-electron chi connectivity index (χ1n) is 8.67. The van der Waals surface area contributed by atoms with Gasteiger partial charge >= 0.3 is 12.1 Å². The highest BCUT2D eigenvalue weighted by atomic mass is 16.6. The standard InChI is InChI=1S/C14H23NO5.C4H8O/c1-13(2,3)20-12(18)15-10-5-6-14(9-10,11(16)17)7-8-19-4;1-2-4-5-3-1/h5-6,10H,7-9H2,1-4H3,(H,15,18)(H,16,17);1-4H2/t10-,14-;/m1./s1. The van der Waals surface area contributed by atoms with Crippen LogP contribution in [0.1, 0.15) is 46.5 Å². The molecule has 0 bridgehead atoms. The van der Waals surface area contributed by atoms with Gasteiger partial charge in [0.2, 0.25) is 0 Å².